The van der Waals surface area contributed by atoms with Gasteiger partial charge in [0.1, 0.15) is 5.82 Å². The lowest BCUT2D eigenvalue weighted by molar-refractivity contribution is 0.187. The summed E-state index contributed by atoms with van der Waals surface area (Å²) in [6.45, 7) is 3.08. The zero-order valence-electron chi connectivity index (χ0n) is 9.85. The highest BCUT2D eigenvalue weighted by atomic mass is 79.9. The van der Waals surface area contributed by atoms with Gasteiger partial charge < -0.3 is 15.7 Å². The molecule has 0 aliphatic heterocycles. The number of carbonyl (C=O) groups is 1. The van der Waals surface area contributed by atoms with Gasteiger partial charge in [0.15, 0.2) is 0 Å². The van der Waals surface area contributed by atoms with Crippen molar-refractivity contribution in [2.75, 3.05) is 11.9 Å². The van der Waals surface area contributed by atoms with Crippen molar-refractivity contribution in [3.05, 3.63) is 27.4 Å². The minimum Gasteiger partial charge on any atom is -0.394 e. The Labute approximate surface area is 118 Å². The van der Waals surface area contributed by atoms with Crippen molar-refractivity contribution in [3.63, 3.8) is 0 Å². The topological polar surface area (TPSA) is 61.4 Å². The fourth-order valence-corrected chi connectivity index (χ4v) is 1.80. The van der Waals surface area contributed by atoms with Crippen LogP contribution in [-0.4, -0.2) is 23.3 Å². The number of anilines is 1. The second-order valence-corrected chi connectivity index (χ2v) is 5.63. The molecule has 1 aromatic carbocycles. The molecule has 7 heteroatoms. The minimum absolute atomic E-state index is 0.156. The van der Waals surface area contributed by atoms with E-state index < -0.39 is 17.4 Å². The third-order valence-electron chi connectivity index (χ3n) is 2.11. The summed E-state index contributed by atoms with van der Waals surface area (Å²) in [4.78, 5) is 11.6. The second kappa shape index (κ2) is 5.86. The molecule has 0 saturated heterocycles. The molecular weight excluding hydrogens is 326 g/mol. The van der Waals surface area contributed by atoms with Gasteiger partial charge in [0.25, 0.3) is 0 Å². The highest BCUT2D eigenvalue weighted by molar-refractivity contribution is 9.10. The summed E-state index contributed by atoms with van der Waals surface area (Å²) in [6.07, 6.45) is 0. The molecule has 0 heterocycles. The van der Waals surface area contributed by atoms with E-state index in [-0.39, 0.29) is 21.8 Å². The van der Waals surface area contributed by atoms with Gasteiger partial charge in [0.05, 0.1) is 27.3 Å². The standard InChI is InChI=1S/C11H13BrClFN2O2/c1-11(2,5-17)16-10(18)15-9-4-8(14)6(12)3-7(9)13/h3-4,17H,5H2,1-2H3,(H2,15,16,18). The Morgan fingerprint density at radius 1 is 1.56 bits per heavy atom. The third kappa shape index (κ3) is 4.12. The molecular formula is C11H13BrClFN2O2. The first-order valence-corrected chi connectivity index (χ1v) is 6.27. The van der Waals surface area contributed by atoms with Crippen LogP contribution in [0, 0.1) is 5.82 Å². The lowest BCUT2D eigenvalue weighted by atomic mass is 10.1. The molecule has 0 bridgehead atoms. The van der Waals surface area contributed by atoms with Crippen molar-refractivity contribution in [1.82, 2.24) is 5.32 Å². The number of benzene rings is 1. The first kappa shape index (κ1) is 15.2. The Balaban J connectivity index is 2.80. The van der Waals surface area contributed by atoms with Crippen LogP contribution in [0.25, 0.3) is 0 Å². The monoisotopic (exact) mass is 338 g/mol. The van der Waals surface area contributed by atoms with Gasteiger partial charge in [-0.25, -0.2) is 9.18 Å². The zero-order valence-corrected chi connectivity index (χ0v) is 12.2. The Morgan fingerprint density at radius 3 is 2.72 bits per heavy atom. The van der Waals surface area contributed by atoms with Crippen LogP contribution in [0.1, 0.15) is 13.8 Å². The SMILES string of the molecule is CC(C)(CO)NC(=O)Nc1cc(F)c(Br)cc1Cl. The van der Waals surface area contributed by atoms with Crippen LogP contribution in [0.2, 0.25) is 5.02 Å². The van der Waals surface area contributed by atoms with Crippen LogP contribution in [0.15, 0.2) is 16.6 Å². The van der Waals surface area contributed by atoms with E-state index in [0.29, 0.717) is 0 Å². The molecule has 3 N–H and O–H groups in total. The van der Waals surface area contributed by atoms with E-state index in [0.717, 1.165) is 6.07 Å². The number of hydrogen-bond donors (Lipinski definition) is 3. The van der Waals surface area contributed by atoms with E-state index in [9.17, 15) is 9.18 Å². The van der Waals surface area contributed by atoms with Crippen LogP contribution in [0.4, 0.5) is 14.9 Å². The maximum atomic E-state index is 13.3. The Hall–Kier alpha value is -0.850. The predicted octanol–water partition coefficient (Wildman–Crippen LogP) is 3.13. The van der Waals surface area contributed by atoms with Gasteiger partial charge in [0.2, 0.25) is 0 Å². The Morgan fingerprint density at radius 2 is 2.17 bits per heavy atom. The van der Waals surface area contributed by atoms with Crippen LogP contribution in [0.5, 0.6) is 0 Å². The molecule has 0 aromatic heterocycles. The van der Waals surface area contributed by atoms with Crippen molar-refractivity contribution >= 4 is 39.2 Å². The molecule has 0 unspecified atom stereocenters. The van der Waals surface area contributed by atoms with E-state index in [2.05, 4.69) is 26.6 Å². The van der Waals surface area contributed by atoms with Gasteiger partial charge in [0, 0.05) is 6.07 Å². The second-order valence-electron chi connectivity index (χ2n) is 4.37. The quantitative estimate of drug-likeness (QED) is 0.741. The van der Waals surface area contributed by atoms with Crippen molar-refractivity contribution in [3.8, 4) is 0 Å². The van der Waals surface area contributed by atoms with Gasteiger partial charge in [-0.3, -0.25) is 0 Å². The van der Waals surface area contributed by atoms with E-state index in [1.807, 2.05) is 0 Å². The maximum Gasteiger partial charge on any atom is 0.319 e. The van der Waals surface area contributed by atoms with Crippen LogP contribution in [-0.2, 0) is 0 Å². The summed E-state index contributed by atoms with van der Waals surface area (Å²) in [6, 6.07) is 1.89. The maximum absolute atomic E-state index is 13.3. The van der Waals surface area contributed by atoms with E-state index in [4.69, 9.17) is 16.7 Å². The summed E-state index contributed by atoms with van der Waals surface area (Å²) < 4.78 is 13.5. The predicted molar refractivity (Wildman–Crippen MR) is 72.4 cm³/mol. The van der Waals surface area contributed by atoms with Crippen molar-refractivity contribution in [2.24, 2.45) is 0 Å². The summed E-state index contributed by atoms with van der Waals surface area (Å²) in [5.41, 5.74) is -0.617. The average Bonchev–Trinajstić information content (AvgIpc) is 2.25. The number of aliphatic hydroxyl groups excluding tert-OH is 1. The number of nitrogens with one attached hydrogen (secondary N) is 2. The summed E-state index contributed by atoms with van der Waals surface area (Å²) in [5.74, 6) is -0.531. The first-order chi connectivity index (χ1) is 8.25. The number of urea groups is 1. The number of rotatable bonds is 3. The molecule has 2 amide bonds. The van der Waals surface area contributed by atoms with Gasteiger partial charge >= 0.3 is 6.03 Å². The average molecular weight is 340 g/mol. The van der Waals surface area contributed by atoms with Crippen molar-refractivity contribution in [1.29, 1.82) is 0 Å². The number of hydrogen-bond acceptors (Lipinski definition) is 2. The van der Waals surface area contributed by atoms with Gasteiger partial charge in [-0.05, 0) is 35.8 Å². The van der Waals surface area contributed by atoms with E-state index >= 15 is 0 Å². The molecule has 0 aliphatic carbocycles. The lowest BCUT2D eigenvalue weighted by Gasteiger charge is -2.23. The molecule has 100 valence electrons. The molecule has 0 atom stereocenters. The summed E-state index contributed by atoms with van der Waals surface area (Å²) >= 11 is 8.85. The van der Waals surface area contributed by atoms with E-state index in [1.54, 1.807) is 13.8 Å². The molecule has 1 rings (SSSR count). The van der Waals surface area contributed by atoms with Crippen LogP contribution >= 0.6 is 27.5 Å². The Kier molecular flexibility index (Phi) is 4.95. The van der Waals surface area contributed by atoms with Gasteiger partial charge in [-0.15, -0.1) is 0 Å². The molecule has 0 spiro atoms. The molecule has 4 nitrogen and oxygen atoms in total. The summed E-state index contributed by atoms with van der Waals surface area (Å²) in [7, 11) is 0. The van der Waals surface area contributed by atoms with Gasteiger partial charge in [-0.2, -0.15) is 0 Å². The number of halogens is 3. The summed E-state index contributed by atoms with van der Waals surface area (Å²) in [5, 5.41) is 14.2. The molecule has 18 heavy (non-hydrogen) atoms. The molecule has 0 aliphatic rings. The van der Waals surface area contributed by atoms with E-state index in [1.165, 1.54) is 6.07 Å². The largest absolute Gasteiger partial charge is 0.394 e. The molecule has 0 saturated carbocycles. The third-order valence-corrected chi connectivity index (χ3v) is 3.03. The minimum atomic E-state index is -0.773. The first-order valence-electron chi connectivity index (χ1n) is 5.10. The Bertz CT molecular complexity index is 469. The normalized spacial score (nSPS) is 11.2. The molecule has 0 fully saturated rings. The number of aliphatic hydroxyl groups is 1. The molecule has 1 aromatic rings. The van der Waals surface area contributed by atoms with Crippen LogP contribution < -0.4 is 10.6 Å². The van der Waals surface area contributed by atoms with Crippen molar-refractivity contribution in [2.45, 2.75) is 19.4 Å². The highest BCUT2D eigenvalue weighted by Gasteiger charge is 2.19. The zero-order chi connectivity index (χ0) is 13.9. The lowest BCUT2D eigenvalue weighted by Crippen LogP contribution is -2.48. The fourth-order valence-electron chi connectivity index (χ4n) is 1.12. The fraction of sp³-hybridized carbons (Fsp3) is 0.364. The molecule has 0 radical (unpaired) electrons. The number of carbonyl (C=O) groups excluding carboxylic acids is 1. The van der Waals surface area contributed by atoms with Crippen LogP contribution in [0.3, 0.4) is 0 Å². The van der Waals surface area contributed by atoms with Gasteiger partial charge in [-0.1, -0.05) is 11.6 Å². The number of amides is 2. The smallest absolute Gasteiger partial charge is 0.319 e. The highest BCUT2D eigenvalue weighted by Crippen LogP contribution is 2.28. The van der Waals surface area contributed by atoms with Crippen molar-refractivity contribution < 1.29 is 14.3 Å².